The highest BCUT2D eigenvalue weighted by Gasteiger charge is 2.32. The Morgan fingerprint density at radius 3 is 2.58 bits per heavy atom. The summed E-state index contributed by atoms with van der Waals surface area (Å²) in [7, 11) is 1.84. The molecule has 136 valence electrons. The van der Waals surface area contributed by atoms with Gasteiger partial charge in [0.25, 0.3) is 0 Å². The van der Waals surface area contributed by atoms with Gasteiger partial charge in [-0.1, -0.05) is 30.8 Å². The third-order valence-corrected chi connectivity index (χ3v) is 5.72. The van der Waals surface area contributed by atoms with Crippen molar-refractivity contribution in [2.24, 2.45) is 16.8 Å². The average molecular weight is 446 g/mol. The molecule has 3 rings (SSSR count). The molecule has 1 aromatic rings. The second-order valence-corrected chi connectivity index (χ2v) is 7.19. The lowest BCUT2D eigenvalue weighted by atomic mass is 9.69. The van der Waals surface area contributed by atoms with Crippen LogP contribution in [0.4, 0.5) is 0 Å². The van der Waals surface area contributed by atoms with Gasteiger partial charge in [0, 0.05) is 25.2 Å². The summed E-state index contributed by atoms with van der Waals surface area (Å²) in [5.74, 6) is 3.69. The minimum atomic E-state index is 0. The maximum absolute atomic E-state index is 5.22. The van der Waals surface area contributed by atoms with Gasteiger partial charge in [0.1, 0.15) is 5.76 Å². The average Bonchev–Trinajstić information content (AvgIpc) is 2.90. The fourth-order valence-corrected chi connectivity index (χ4v) is 4.32. The predicted octanol–water partition coefficient (Wildman–Crippen LogP) is 3.93. The lowest BCUT2D eigenvalue weighted by Crippen LogP contribution is -2.46. The van der Waals surface area contributed by atoms with Gasteiger partial charge in [-0.05, 0) is 44.9 Å². The minimum Gasteiger partial charge on any atom is -0.361 e. The minimum absolute atomic E-state index is 0. The summed E-state index contributed by atoms with van der Waals surface area (Å²) in [5.41, 5.74) is 2.08. The fourth-order valence-electron chi connectivity index (χ4n) is 4.32. The number of nitrogens with zero attached hydrogens (tertiary/aromatic N) is 2. The molecule has 2 saturated carbocycles. The highest BCUT2D eigenvalue weighted by molar-refractivity contribution is 14.0. The molecule has 0 amide bonds. The SMILES string of the molecule is CN=C(NCc1c(C)noc1C)NC1CCC2CCCCC2C1.I. The largest absolute Gasteiger partial charge is 0.361 e. The lowest BCUT2D eigenvalue weighted by molar-refractivity contribution is 0.150. The number of halogens is 1. The van der Waals surface area contributed by atoms with Crippen molar-refractivity contribution < 1.29 is 4.52 Å². The molecule has 2 aliphatic rings. The third kappa shape index (κ3) is 4.64. The van der Waals surface area contributed by atoms with Crippen LogP contribution in [0.3, 0.4) is 0 Å². The van der Waals surface area contributed by atoms with Crippen LogP contribution in [-0.4, -0.2) is 24.2 Å². The molecule has 24 heavy (non-hydrogen) atoms. The Hall–Kier alpha value is -0.790. The summed E-state index contributed by atoms with van der Waals surface area (Å²) in [6.07, 6.45) is 9.70. The molecule has 5 nitrogen and oxygen atoms in total. The first-order chi connectivity index (χ1) is 11.2. The number of aryl methyl sites for hydroxylation is 2. The standard InChI is InChI=1S/C18H30N4O.HI/c1-12-17(13(2)23-22-12)11-20-18(19-3)21-16-9-8-14-6-4-5-7-15(14)10-16;/h14-16H,4-11H2,1-3H3,(H2,19,20,21);1H. The van der Waals surface area contributed by atoms with Gasteiger partial charge in [-0.25, -0.2) is 0 Å². The summed E-state index contributed by atoms with van der Waals surface area (Å²) in [6, 6.07) is 0.560. The number of hydrogen-bond acceptors (Lipinski definition) is 3. The van der Waals surface area contributed by atoms with Crippen molar-refractivity contribution in [3.05, 3.63) is 17.0 Å². The van der Waals surface area contributed by atoms with Gasteiger partial charge >= 0.3 is 0 Å². The van der Waals surface area contributed by atoms with Gasteiger partial charge in [-0.2, -0.15) is 0 Å². The van der Waals surface area contributed by atoms with Gasteiger partial charge in [-0.3, -0.25) is 4.99 Å². The van der Waals surface area contributed by atoms with Gasteiger partial charge < -0.3 is 15.2 Å². The molecule has 2 fully saturated rings. The molecule has 2 N–H and O–H groups in total. The van der Waals surface area contributed by atoms with E-state index >= 15 is 0 Å². The molecule has 3 unspecified atom stereocenters. The molecule has 0 spiro atoms. The quantitative estimate of drug-likeness (QED) is 0.420. The smallest absolute Gasteiger partial charge is 0.191 e. The molecule has 0 radical (unpaired) electrons. The Labute approximate surface area is 162 Å². The third-order valence-electron chi connectivity index (χ3n) is 5.72. The topological polar surface area (TPSA) is 62.5 Å². The first kappa shape index (κ1) is 19.5. The van der Waals surface area contributed by atoms with E-state index in [9.17, 15) is 0 Å². The highest BCUT2D eigenvalue weighted by atomic mass is 127. The molecule has 1 heterocycles. The fraction of sp³-hybridized carbons (Fsp3) is 0.778. The molecule has 0 aliphatic heterocycles. The van der Waals surface area contributed by atoms with Crippen molar-refractivity contribution >= 4 is 29.9 Å². The van der Waals surface area contributed by atoms with Crippen LogP contribution in [0, 0.1) is 25.7 Å². The van der Waals surface area contributed by atoms with Crippen molar-refractivity contribution in [3.8, 4) is 0 Å². The van der Waals surface area contributed by atoms with Crippen LogP contribution in [0.25, 0.3) is 0 Å². The zero-order valence-corrected chi connectivity index (χ0v) is 17.4. The van der Waals surface area contributed by atoms with Crippen molar-refractivity contribution in [1.29, 1.82) is 0 Å². The van der Waals surface area contributed by atoms with Crippen molar-refractivity contribution in [2.45, 2.75) is 71.4 Å². The van der Waals surface area contributed by atoms with Crippen LogP contribution >= 0.6 is 24.0 Å². The Morgan fingerprint density at radius 1 is 1.17 bits per heavy atom. The number of aromatic nitrogens is 1. The molecule has 6 heteroatoms. The number of hydrogen-bond donors (Lipinski definition) is 2. The van der Waals surface area contributed by atoms with Gasteiger partial charge in [0.15, 0.2) is 5.96 Å². The molecule has 2 aliphatic carbocycles. The van der Waals surface area contributed by atoms with Gasteiger partial charge in [0.2, 0.25) is 0 Å². The van der Waals surface area contributed by atoms with E-state index in [1.807, 2.05) is 20.9 Å². The van der Waals surface area contributed by atoms with Gasteiger partial charge in [0.05, 0.1) is 5.69 Å². The number of aliphatic imine (C=N–C) groups is 1. The maximum Gasteiger partial charge on any atom is 0.191 e. The Bertz CT molecular complexity index is 538. The summed E-state index contributed by atoms with van der Waals surface area (Å²) in [6.45, 7) is 4.64. The Kier molecular flexibility index (Phi) is 7.37. The maximum atomic E-state index is 5.22. The van der Waals surface area contributed by atoms with E-state index in [4.69, 9.17) is 4.52 Å². The van der Waals surface area contributed by atoms with E-state index in [1.165, 1.54) is 44.9 Å². The van der Waals surface area contributed by atoms with E-state index in [0.29, 0.717) is 12.6 Å². The van der Waals surface area contributed by atoms with Crippen LogP contribution in [0.2, 0.25) is 0 Å². The molecule has 0 bridgehead atoms. The predicted molar refractivity (Wildman–Crippen MR) is 108 cm³/mol. The molecule has 1 aromatic heterocycles. The van der Waals surface area contributed by atoms with Crippen molar-refractivity contribution in [1.82, 2.24) is 15.8 Å². The molecule has 3 atom stereocenters. The number of rotatable bonds is 3. The van der Waals surface area contributed by atoms with Crippen LogP contribution < -0.4 is 10.6 Å². The van der Waals surface area contributed by atoms with Crippen LogP contribution in [0.15, 0.2) is 9.52 Å². The van der Waals surface area contributed by atoms with E-state index in [1.54, 1.807) is 0 Å². The number of guanidine groups is 1. The van der Waals surface area contributed by atoms with E-state index in [2.05, 4.69) is 20.8 Å². The van der Waals surface area contributed by atoms with E-state index in [-0.39, 0.29) is 24.0 Å². The summed E-state index contributed by atoms with van der Waals surface area (Å²) in [5, 5.41) is 11.0. The zero-order chi connectivity index (χ0) is 16.2. The number of fused-ring (bicyclic) bond motifs is 1. The van der Waals surface area contributed by atoms with Crippen LogP contribution in [0.5, 0.6) is 0 Å². The zero-order valence-electron chi connectivity index (χ0n) is 15.1. The summed E-state index contributed by atoms with van der Waals surface area (Å²) in [4.78, 5) is 4.39. The monoisotopic (exact) mass is 446 g/mol. The highest BCUT2D eigenvalue weighted by Crippen LogP contribution is 2.40. The molecule has 0 aromatic carbocycles. The summed E-state index contributed by atoms with van der Waals surface area (Å²) < 4.78 is 5.22. The van der Waals surface area contributed by atoms with E-state index in [0.717, 1.165) is 34.8 Å². The molecular formula is C18H31IN4O. The first-order valence-corrected chi connectivity index (χ1v) is 9.06. The van der Waals surface area contributed by atoms with Gasteiger partial charge in [-0.15, -0.1) is 24.0 Å². The number of nitrogens with one attached hydrogen (secondary N) is 2. The Balaban J connectivity index is 0.00000208. The van der Waals surface area contributed by atoms with Crippen molar-refractivity contribution in [2.75, 3.05) is 7.05 Å². The second kappa shape index (κ2) is 9.06. The van der Waals surface area contributed by atoms with Crippen molar-refractivity contribution in [3.63, 3.8) is 0 Å². The normalized spacial score (nSPS) is 27.1. The lowest BCUT2D eigenvalue weighted by Gasteiger charge is -2.39. The molecular weight excluding hydrogens is 415 g/mol. The molecule has 0 saturated heterocycles. The Morgan fingerprint density at radius 2 is 1.92 bits per heavy atom. The van der Waals surface area contributed by atoms with Crippen LogP contribution in [0.1, 0.15) is 62.0 Å². The second-order valence-electron chi connectivity index (χ2n) is 7.19. The summed E-state index contributed by atoms with van der Waals surface area (Å²) >= 11 is 0. The first-order valence-electron chi connectivity index (χ1n) is 9.06. The van der Waals surface area contributed by atoms with E-state index < -0.39 is 0 Å². The van der Waals surface area contributed by atoms with Crippen LogP contribution in [-0.2, 0) is 6.54 Å².